The van der Waals surface area contributed by atoms with E-state index in [1.54, 1.807) is 0 Å². The Balaban J connectivity index is 1.85. The zero-order valence-electron chi connectivity index (χ0n) is 14.0. The van der Waals surface area contributed by atoms with E-state index in [4.69, 9.17) is 4.99 Å². The van der Waals surface area contributed by atoms with Crippen LogP contribution in [0.1, 0.15) is 28.3 Å². The predicted molar refractivity (Wildman–Crippen MR) is 99.3 cm³/mol. The van der Waals surface area contributed by atoms with Crippen molar-refractivity contribution in [3.8, 4) is 0 Å². The standard InChI is InChI=1S/C22H20N2/c1-15-7-11-17(12-8-15)21-22(18-13-9-16(2)10-14-18)24-20-6-4-3-5-19(20)23-21/h3-14,21,23H,1-2H3/p+1. The molecular weight excluding hydrogens is 292 g/mol. The van der Waals surface area contributed by atoms with Gasteiger partial charge >= 0.3 is 0 Å². The molecule has 0 spiro atoms. The summed E-state index contributed by atoms with van der Waals surface area (Å²) in [5, 5.41) is 2.34. The number of hydrogen-bond donors (Lipinski definition) is 1. The molecule has 0 radical (unpaired) electrons. The van der Waals surface area contributed by atoms with Gasteiger partial charge in [-0.3, -0.25) is 0 Å². The Kier molecular flexibility index (Phi) is 3.75. The molecule has 2 nitrogen and oxygen atoms in total. The molecule has 24 heavy (non-hydrogen) atoms. The summed E-state index contributed by atoms with van der Waals surface area (Å²) in [6.07, 6.45) is 0. The average Bonchev–Trinajstić information content (AvgIpc) is 2.62. The molecule has 0 fully saturated rings. The van der Waals surface area contributed by atoms with Gasteiger partial charge in [-0.1, -0.05) is 71.8 Å². The number of aryl methyl sites for hydroxylation is 2. The van der Waals surface area contributed by atoms with Crippen molar-refractivity contribution < 1.29 is 5.32 Å². The lowest BCUT2D eigenvalue weighted by Crippen LogP contribution is -2.82. The van der Waals surface area contributed by atoms with Crippen LogP contribution in [0.15, 0.2) is 77.8 Å². The molecule has 0 saturated carbocycles. The Labute approximate surface area is 142 Å². The Morgan fingerprint density at radius 1 is 0.750 bits per heavy atom. The van der Waals surface area contributed by atoms with Crippen LogP contribution in [0.25, 0.3) is 0 Å². The number of nitrogens with two attached hydrogens (primary N) is 1. The first kappa shape index (κ1) is 14.9. The summed E-state index contributed by atoms with van der Waals surface area (Å²) >= 11 is 0. The number of hydrogen-bond acceptors (Lipinski definition) is 1. The lowest BCUT2D eigenvalue weighted by atomic mass is 9.93. The number of nitrogens with zero attached hydrogens (tertiary/aromatic N) is 1. The van der Waals surface area contributed by atoms with Gasteiger partial charge in [0, 0.05) is 17.2 Å². The second kappa shape index (κ2) is 6.06. The zero-order valence-corrected chi connectivity index (χ0v) is 14.0. The Bertz CT molecular complexity index is 890. The molecule has 0 aromatic heterocycles. The third kappa shape index (κ3) is 2.77. The summed E-state index contributed by atoms with van der Waals surface area (Å²) in [5.41, 5.74) is 8.41. The zero-order chi connectivity index (χ0) is 16.5. The number of aliphatic imine (C=N–C) groups is 1. The van der Waals surface area contributed by atoms with Gasteiger partial charge in [0.15, 0.2) is 11.7 Å². The van der Waals surface area contributed by atoms with Crippen LogP contribution in [0.3, 0.4) is 0 Å². The fourth-order valence-corrected chi connectivity index (χ4v) is 3.18. The van der Waals surface area contributed by atoms with Gasteiger partial charge in [0.25, 0.3) is 0 Å². The lowest BCUT2D eigenvalue weighted by molar-refractivity contribution is -0.599. The predicted octanol–water partition coefficient (Wildman–Crippen LogP) is 4.37. The maximum Gasteiger partial charge on any atom is 0.160 e. The highest BCUT2D eigenvalue weighted by molar-refractivity contribution is 6.06. The van der Waals surface area contributed by atoms with Gasteiger partial charge in [-0.25, -0.2) is 4.99 Å². The third-order valence-corrected chi connectivity index (χ3v) is 4.60. The molecule has 1 aliphatic rings. The van der Waals surface area contributed by atoms with E-state index in [1.165, 1.54) is 27.9 Å². The molecule has 1 aliphatic heterocycles. The summed E-state index contributed by atoms with van der Waals surface area (Å²) < 4.78 is 0. The maximum atomic E-state index is 5.01. The molecule has 2 N–H and O–H groups in total. The minimum Gasteiger partial charge on any atom is -0.301 e. The van der Waals surface area contributed by atoms with Crippen LogP contribution in [0.5, 0.6) is 0 Å². The molecule has 1 heterocycles. The van der Waals surface area contributed by atoms with Crippen LogP contribution in [-0.4, -0.2) is 5.71 Å². The molecule has 0 saturated heterocycles. The molecule has 1 atom stereocenters. The molecule has 3 aromatic carbocycles. The van der Waals surface area contributed by atoms with Gasteiger partial charge in [-0.15, -0.1) is 0 Å². The number of rotatable bonds is 2. The Morgan fingerprint density at radius 3 is 2.08 bits per heavy atom. The molecule has 1 unspecified atom stereocenters. The van der Waals surface area contributed by atoms with Crippen LogP contribution >= 0.6 is 0 Å². The van der Waals surface area contributed by atoms with Crippen LogP contribution in [0.2, 0.25) is 0 Å². The van der Waals surface area contributed by atoms with Crippen molar-refractivity contribution >= 4 is 17.1 Å². The van der Waals surface area contributed by atoms with Crippen molar-refractivity contribution in [1.29, 1.82) is 0 Å². The number of quaternary nitrogens is 1. The van der Waals surface area contributed by atoms with Gasteiger partial charge in [0.2, 0.25) is 0 Å². The molecule has 0 aliphatic carbocycles. The van der Waals surface area contributed by atoms with Crippen molar-refractivity contribution in [3.63, 3.8) is 0 Å². The highest BCUT2D eigenvalue weighted by Crippen LogP contribution is 2.30. The number of benzene rings is 3. The van der Waals surface area contributed by atoms with Gasteiger partial charge in [0.1, 0.15) is 11.4 Å². The van der Waals surface area contributed by atoms with E-state index in [9.17, 15) is 0 Å². The quantitative estimate of drug-likeness (QED) is 0.681. The third-order valence-electron chi connectivity index (χ3n) is 4.60. The summed E-state index contributed by atoms with van der Waals surface area (Å²) in [4.78, 5) is 5.01. The van der Waals surface area contributed by atoms with Crippen LogP contribution < -0.4 is 5.32 Å². The largest absolute Gasteiger partial charge is 0.301 e. The van der Waals surface area contributed by atoms with Crippen molar-refractivity contribution in [2.45, 2.75) is 19.9 Å². The molecule has 4 rings (SSSR count). The van der Waals surface area contributed by atoms with E-state index in [2.05, 4.69) is 92.0 Å². The molecule has 0 amide bonds. The molecular formula is C22H21N2+. The first-order valence-corrected chi connectivity index (χ1v) is 8.37. The normalized spacial score (nSPS) is 16.4. The second-order valence-electron chi connectivity index (χ2n) is 6.48. The summed E-state index contributed by atoms with van der Waals surface area (Å²) in [6, 6.07) is 26.0. The van der Waals surface area contributed by atoms with E-state index >= 15 is 0 Å². The van der Waals surface area contributed by atoms with Gasteiger partial charge in [-0.05, 0) is 19.9 Å². The average molecular weight is 313 g/mol. The van der Waals surface area contributed by atoms with Gasteiger partial charge in [-0.2, -0.15) is 0 Å². The number of fused-ring (bicyclic) bond motifs is 1. The Morgan fingerprint density at radius 2 is 1.38 bits per heavy atom. The highest BCUT2D eigenvalue weighted by Gasteiger charge is 2.29. The van der Waals surface area contributed by atoms with Gasteiger partial charge < -0.3 is 5.32 Å². The van der Waals surface area contributed by atoms with E-state index in [1.807, 2.05) is 0 Å². The van der Waals surface area contributed by atoms with E-state index in [-0.39, 0.29) is 6.04 Å². The molecule has 3 aromatic rings. The van der Waals surface area contributed by atoms with E-state index in [0.29, 0.717) is 0 Å². The highest BCUT2D eigenvalue weighted by atomic mass is 15.0. The van der Waals surface area contributed by atoms with Crippen molar-refractivity contribution in [3.05, 3.63) is 95.1 Å². The summed E-state index contributed by atoms with van der Waals surface area (Å²) in [5.74, 6) is 0. The summed E-state index contributed by atoms with van der Waals surface area (Å²) in [6.45, 7) is 4.24. The number of para-hydroxylation sites is 2. The van der Waals surface area contributed by atoms with E-state index < -0.39 is 0 Å². The maximum absolute atomic E-state index is 5.01. The van der Waals surface area contributed by atoms with Crippen LogP contribution in [0.4, 0.5) is 11.4 Å². The molecule has 2 heteroatoms. The minimum absolute atomic E-state index is 0.184. The van der Waals surface area contributed by atoms with Crippen molar-refractivity contribution in [2.75, 3.05) is 0 Å². The second-order valence-corrected chi connectivity index (χ2v) is 6.48. The fraction of sp³-hybridized carbons (Fsp3) is 0.136. The first-order valence-electron chi connectivity index (χ1n) is 8.37. The minimum atomic E-state index is 0.184. The summed E-state index contributed by atoms with van der Waals surface area (Å²) in [7, 11) is 0. The van der Waals surface area contributed by atoms with Crippen LogP contribution in [0, 0.1) is 13.8 Å². The van der Waals surface area contributed by atoms with Crippen molar-refractivity contribution in [2.24, 2.45) is 4.99 Å². The molecule has 0 bridgehead atoms. The Hall–Kier alpha value is -2.71. The first-order chi connectivity index (χ1) is 11.7. The smallest absolute Gasteiger partial charge is 0.160 e. The van der Waals surface area contributed by atoms with E-state index in [0.717, 1.165) is 11.4 Å². The van der Waals surface area contributed by atoms with Crippen LogP contribution in [-0.2, 0) is 0 Å². The molecule has 118 valence electrons. The monoisotopic (exact) mass is 313 g/mol. The SMILES string of the molecule is Cc1ccc(C2=Nc3ccccc3[NH2+]C2c2ccc(C)cc2)cc1. The van der Waals surface area contributed by atoms with Crippen molar-refractivity contribution in [1.82, 2.24) is 0 Å². The fourth-order valence-electron chi connectivity index (χ4n) is 3.18. The topological polar surface area (TPSA) is 29.0 Å². The van der Waals surface area contributed by atoms with Gasteiger partial charge in [0.05, 0.1) is 0 Å². The lowest BCUT2D eigenvalue weighted by Gasteiger charge is -2.23.